The van der Waals surface area contributed by atoms with Crippen molar-refractivity contribution in [1.82, 2.24) is 4.90 Å². The van der Waals surface area contributed by atoms with E-state index in [0.29, 0.717) is 49.1 Å². The lowest BCUT2D eigenvalue weighted by molar-refractivity contribution is -0.135. The summed E-state index contributed by atoms with van der Waals surface area (Å²) in [6.07, 6.45) is 0. The Morgan fingerprint density at radius 3 is 1.97 bits per heavy atom. The minimum atomic E-state index is -1.09. The SMILES string of the molecule is COc1cc(OC)cc(N2CCN(C(=O)N(CC(=O)O)c3cc(C)c(C)cc3OC)CC2)c1. The Hall–Kier alpha value is -3.62. The number of carboxylic acid groups (broad SMARTS) is 1. The van der Waals surface area contributed by atoms with Gasteiger partial charge < -0.3 is 29.1 Å². The van der Waals surface area contributed by atoms with Crippen LogP contribution in [-0.2, 0) is 4.79 Å². The van der Waals surface area contributed by atoms with Gasteiger partial charge in [-0.25, -0.2) is 4.79 Å². The lowest BCUT2D eigenvalue weighted by Crippen LogP contribution is -2.54. The molecule has 33 heavy (non-hydrogen) atoms. The lowest BCUT2D eigenvalue weighted by atomic mass is 10.1. The molecule has 1 heterocycles. The quantitative estimate of drug-likeness (QED) is 0.683. The molecule has 0 bridgehead atoms. The minimum absolute atomic E-state index is 0.359. The van der Waals surface area contributed by atoms with Crippen molar-refractivity contribution >= 4 is 23.4 Å². The number of hydrogen-bond donors (Lipinski definition) is 1. The van der Waals surface area contributed by atoms with Crippen LogP contribution in [0.15, 0.2) is 30.3 Å². The number of carbonyl (C=O) groups excluding carboxylic acids is 1. The van der Waals surface area contributed by atoms with E-state index < -0.39 is 12.5 Å². The number of amides is 2. The summed E-state index contributed by atoms with van der Waals surface area (Å²) in [4.78, 5) is 30.1. The summed E-state index contributed by atoms with van der Waals surface area (Å²) >= 11 is 0. The Labute approximate surface area is 194 Å². The van der Waals surface area contributed by atoms with Gasteiger partial charge in [-0.2, -0.15) is 0 Å². The van der Waals surface area contributed by atoms with Crippen molar-refractivity contribution in [2.24, 2.45) is 0 Å². The predicted octanol–water partition coefficient (Wildman–Crippen LogP) is 3.16. The van der Waals surface area contributed by atoms with Gasteiger partial charge in [-0.15, -0.1) is 0 Å². The molecule has 2 aromatic rings. The molecule has 1 saturated heterocycles. The highest BCUT2D eigenvalue weighted by Crippen LogP contribution is 2.33. The van der Waals surface area contributed by atoms with Crippen molar-refractivity contribution in [3.05, 3.63) is 41.5 Å². The molecule has 0 spiro atoms. The smallest absolute Gasteiger partial charge is 0.325 e. The van der Waals surface area contributed by atoms with E-state index in [2.05, 4.69) is 4.90 Å². The molecule has 9 heteroatoms. The first-order valence-corrected chi connectivity index (χ1v) is 10.7. The van der Waals surface area contributed by atoms with Crippen LogP contribution in [-0.4, -0.2) is 76.1 Å². The van der Waals surface area contributed by atoms with Crippen molar-refractivity contribution in [2.75, 3.05) is 63.9 Å². The van der Waals surface area contributed by atoms with Gasteiger partial charge in [0.05, 0.1) is 27.0 Å². The summed E-state index contributed by atoms with van der Waals surface area (Å²) in [5.41, 5.74) is 3.34. The number of aliphatic carboxylic acids is 1. The van der Waals surface area contributed by atoms with Crippen molar-refractivity contribution in [3.8, 4) is 17.2 Å². The van der Waals surface area contributed by atoms with E-state index in [9.17, 15) is 14.7 Å². The third kappa shape index (κ3) is 5.42. The number of rotatable bonds is 7. The molecule has 2 aromatic carbocycles. The molecule has 1 aliphatic rings. The van der Waals surface area contributed by atoms with Gasteiger partial charge in [-0.05, 0) is 37.1 Å². The zero-order valence-corrected chi connectivity index (χ0v) is 19.8. The second-order valence-corrected chi connectivity index (χ2v) is 7.92. The van der Waals surface area contributed by atoms with E-state index in [1.807, 2.05) is 38.1 Å². The summed E-state index contributed by atoms with van der Waals surface area (Å²) in [5, 5.41) is 9.48. The van der Waals surface area contributed by atoms with Gasteiger partial charge in [-0.3, -0.25) is 9.69 Å². The maximum Gasteiger partial charge on any atom is 0.325 e. The summed E-state index contributed by atoms with van der Waals surface area (Å²) in [6, 6.07) is 8.92. The fourth-order valence-corrected chi connectivity index (χ4v) is 3.84. The van der Waals surface area contributed by atoms with Gasteiger partial charge >= 0.3 is 12.0 Å². The number of benzene rings is 2. The molecular formula is C24H31N3O6. The molecule has 1 N–H and O–H groups in total. The molecule has 0 aromatic heterocycles. The molecule has 178 valence electrons. The normalized spacial score (nSPS) is 13.5. The number of ether oxygens (including phenoxy) is 3. The summed E-state index contributed by atoms with van der Waals surface area (Å²) in [6.45, 7) is 5.48. The molecule has 0 saturated carbocycles. The number of anilines is 2. The number of carboxylic acids is 1. The van der Waals surface area contributed by atoms with Gasteiger partial charge in [0.1, 0.15) is 23.8 Å². The number of aryl methyl sites for hydroxylation is 2. The third-order valence-electron chi connectivity index (χ3n) is 5.86. The molecule has 0 aliphatic carbocycles. The van der Waals surface area contributed by atoms with Crippen LogP contribution in [0, 0.1) is 13.8 Å². The largest absolute Gasteiger partial charge is 0.497 e. The van der Waals surface area contributed by atoms with Gasteiger partial charge in [-0.1, -0.05) is 0 Å². The fourth-order valence-electron chi connectivity index (χ4n) is 3.84. The molecule has 1 fully saturated rings. The van der Waals surface area contributed by atoms with Crippen molar-refractivity contribution in [3.63, 3.8) is 0 Å². The molecule has 1 aliphatic heterocycles. The van der Waals surface area contributed by atoms with Gasteiger partial charge in [0.25, 0.3) is 0 Å². The minimum Gasteiger partial charge on any atom is -0.497 e. The first kappa shape index (κ1) is 24.0. The third-order valence-corrected chi connectivity index (χ3v) is 5.86. The van der Waals surface area contributed by atoms with E-state index in [1.54, 1.807) is 25.2 Å². The molecular weight excluding hydrogens is 426 g/mol. The van der Waals surface area contributed by atoms with E-state index in [4.69, 9.17) is 14.2 Å². The van der Waals surface area contributed by atoms with E-state index in [0.717, 1.165) is 16.8 Å². The number of carbonyl (C=O) groups is 2. The van der Waals surface area contributed by atoms with Crippen LogP contribution in [0.5, 0.6) is 17.2 Å². The standard InChI is InChI=1S/C24H31N3O6/c1-16-10-21(22(33-5)11-17(16)2)27(15-23(28)29)24(30)26-8-6-25(7-9-26)18-12-19(31-3)14-20(13-18)32-4/h10-14H,6-9,15H2,1-5H3,(H,28,29). The maximum absolute atomic E-state index is 13.4. The van der Waals surface area contributed by atoms with E-state index in [1.165, 1.54) is 12.0 Å². The Kier molecular flexibility index (Phi) is 7.52. The monoisotopic (exact) mass is 457 g/mol. The Morgan fingerprint density at radius 2 is 1.45 bits per heavy atom. The molecule has 0 radical (unpaired) electrons. The number of piperazine rings is 1. The highest BCUT2D eigenvalue weighted by molar-refractivity contribution is 5.98. The topological polar surface area (TPSA) is 91.8 Å². The molecule has 2 amide bonds. The highest BCUT2D eigenvalue weighted by Gasteiger charge is 2.30. The Bertz CT molecular complexity index is 995. The highest BCUT2D eigenvalue weighted by atomic mass is 16.5. The predicted molar refractivity (Wildman–Crippen MR) is 126 cm³/mol. The lowest BCUT2D eigenvalue weighted by Gasteiger charge is -2.38. The first-order chi connectivity index (χ1) is 15.8. The summed E-state index contributed by atoms with van der Waals surface area (Å²) in [5.74, 6) is 0.759. The maximum atomic E-state index is 13.4. The molecule has 3 rings (SSSR count). The average Bonchev–Trinajstić information content (AvgIpc) is 2.83. The van der Waals surface area contributed by atoms with Gasteiger partial charge in [0, 0.05) is 50.1 Å². The second kappa shape index (κ2) is 10.3. The van der Waals surface area contributed by atoms with Crippen LogP contribution >= 0.6 is 0 Å². The molecule has 0 unspecified atom stereocenters. The zero-order chi connectivity index (χ0) is 24.1. The van der Waals surface area contributed by atoms with Gasteiger partial charge in [0.2, 0.25) is 0 Å². The van der Waals surface area contributed by atoms with Crippen molar-refractivity contribution in [2.45, 2.75) is 13.8 Å². The Balaban J connectivity index is 1.80. The first-order valence-electron chi connectivity index (χ1n) is 10.7. The fraction of sp³-hybridized carbons (Fsp3) is 0.417. The number of hydrogen-bond acceptors (Lipinski definition) is 6. The van der Waals surface area contributed by atoms with Crippen LogP contribution in [0.3, 0.4) is 0 Å². The van der Waals surface area contributed by atoms with Crippen LogP contribution in [0.2, 0.25) is 0 Å². The van der Waals surface area contributed by atoms with Crippen LogP contribution < -0.4 is 24.0 Å². The van der Waals surface area contributed by atoms with Crippen LogP contribution in [0.25, 0.3) is 0 Å². The van der Waals surface area contributed by atoms with Crippen molar-refractivity contribution < 1.29 is 28.9 Å². The molecule has 0 atom stereocenters. The second-order valence-electron chi connectivity index (χ2n) is 7.92. The summed E-state index contributed by atoms with van der Waals surface area (Å²) in [7, 11) is 4.72. The zero-order valence-electron chi connectivity index (χ0n) is 19.8. The number of methoxy groups -OCH3 is 3. The van der Waals surface area contributed by atoms with Gasteiger partial charge in [0.15, 0.2) is 0 Å². The van der Waals surface area contributed by atoms with Crippen molar-refractivity contribution in [1.29, 1.82) is 0 Å². The Morgan fingerprint density at radius 1 is 0.879 bits per heavy atom. The summed E-state index contributed by atoms with van der Waals surface area (Å²) < 4.78 is 16.2. The van der Waals surface area contributed by atoms with Crippen LogP contribution in [0.4, 0.5) is 16.2 Å². The average molecular weight is 458 g/mol. The van der Waals surface area contributed by atoms with Crippen LogP contribution in [0.1, 0.15) is 11.1 Å². The van der Waals surface area contributed by atoms with E-state index in [-0.39, 0.29) is 6.03 Å². The molecule has 9 nitrogen and oxygen atoms in total. The van der Waals surface area contributed by atoms with E-state index >= 15 is 0 Å². The number of nitrogens with zero attached hydrogens (tertiary/aromatic N) is 3. The number of urea groups is 1.